The van der Waals surface area contributed by atoms with E-state index in [9.17, 15) is 14.4 Å². The van der Waals surface area contributed by atoms with E-state index in [1.807, 2.05) is 6.07 Å². The van der Waals surface area contributed by atoms with Gasteiger partial charge in [0.05, 0.1) is 17.4 Å². The lowest BCUT2D eigenvalue weighted by Crippen LogP contribution is -2.33. The molecule has 3 N–H and O–H groups in total. The summed E-state index contributed by atoms with van der Waals surface area (Å²) < 4.78 is 0. The molecule has 2 aliphatic rings. The minimum atomic E-state index is -0.801. The standard InChI is InChI=1S/C15H16N2O4S/c18-13-7-22-12-4-2-8(6-11(12)17-13)14(19)16-10-3-1-9(5-10)15(20)21/h2,4,6,9-10H,1,3,5,7H2,(H,16,19)(H,17,18)(H,20,21)/t9-,10+/m1/s1. The van der Waals surface area contributed by atoms with Crippen LogP contribution in [0.4, 0.5) is 5.69 Å². The second-order valence-corrected chi connectivity index (χ2v) is 6.58. The number of thioether (sulfide) groups is 1. The molecule has 0 bridgehead atoms. The van der Waals surface area contributed by atoms with E-state index in [0.717, 1.165) is 4.90 Å². The first-order valence-corrected chi connectivity index (χ1v) is 8.12. The van der Waals surface area contributed by atoms with Crippen molar-refractivity contribution in [2.24, 2.45) is 5.92 Å². The zero-order valence-corrected chi connectivity index (χ0v) is 12.6. The maximum absolute atomic E-state index is 12.3. The molecule has 1 aromatic rings. The molecular formula is C15H16N2O4S. The number of amides is 2. The highest BCUT2D eigenvalue weighted by Gasteiger charge is 2.30. The van der Waals surface area contributed by atoms with Crippen LogP contribution in [0.15, 0.2) is 23.1 Å². The van der Waals surface area contributed by atoms with Crippen molar-refractivity contribution < 1.29 is 19.5 Å². The Bertz CT molecular complexity index is 646. The summed E-state index contributed by atoms with van der Waals surface area (Å²) in [4.78, 5) is 35.6. The molecule has 1 fully saturated rings. The van der Waals surface area contributed by atoms with E-state index in [1.165, 1.54) is 11.8 Å². The van der Waals surface area contributed by atoms with Crippen molar-refractivity contribution in [3.63, 3.8) is 0 Å². The normalized spacial score (nSPS) is 23.5. The molecule has 0 spiro atoms. The molecule has 1 aliphatic carbocycles. The summed E-state index contributed by atoms with van der Waals surface area (Å²) in [7, 11) is 0. The van der Waals surface area contributed by atoms with Gasteiger partial charge in [-0.15, -0.1) is 11.8 Å². The van der Waals surface area contributed by atoms with Crippen LogP contribution in [0.3, 0.4) is 0 Å². The first-order chi connectivity index (χ1) is 10.5. The Kier molecular flexibility index (Phi) is 4.06. The van der Waals surface area contributed by atoms with E-state index in [2.05, 4.69) is 10.6 Å². The van der Waals surface area contributed by atoms with Crippen molar-refractivity contribution in [1.29, 1.82) is 0 Å². The largest absolute Gasteiger partial charge is 0.481 e. The first kappa shape index (κ1) is 14.9. The van der Waals surface area contributed by atoms with Crippen molar-refractivity contribution in [1.82, 2.24) is 5.32 Å². The number of hydrogen-bond acceptors (Lipinski definition) is 4. The van der Waals surface area contributed by atoms with Crippen LogP contribution in [0.1, 0.15) is 29.6 Å². The van der Waals surface area contributed by atoms with Crippen molar-refractivity contribution in [3.8, 4) is 0 Å². The van der Waals surface area contributed by atoms with E-state index in [1.54, 1.807) is 12.1 Å². The predicted molar refractivity (Wildman–Crippen MR) is 82.0 cm³/mol. The van der Waals surface area contributed by atoms with E-state index in [4.69, 9.17) is 5.11 Å². The van der Waals surface area contributed by atoms with Gasteiger partial charge in [0.25, 0.3) is 5.91 Å². The van der Waals surface area contributed by atoms with Crippen molar-refractivity contribution in [2.75, 3.05) is 11.1 Å². The van der Waals surface area contributed by atoms with Gasteiger partial charge in [0.1, 0.15) is 0 Å². The van der Waals surface area contributed by atoms with Gasteiger partial charge in [-0.2, -0.15) is 0 Å². The highest BCUT2D eigenvalue weighted by Crippen LogP contribution is 2.32. The van der Waals surface area contributed by atoms with Crippen LogP contribution in [0.2, 0.25) is 0 Å². The number of carbonyl (C=O) groups excluding carboxylic acids is 2. The van der Waals surface area contributed by atoms with Gasteiger partial charge in [-0.05, 0) is 37.5 Å². The molecule has 7 heteroatoms. The zero-order chi connectivity index (χ0) is 15.7. The third-order valence-electron chi connectivity index (χ3n) is 3.99. The molecule has 116 valence electrons. The summed E-state index contributed by atoms with van der Waals surface area (Å²) >= 11 is 1.44. The third-order valence-corrected chi connectivity index (χ3v) is 5.07. The minimum Gasteiger partial charge on any atom is -0.481 e. The molecule has 2 atom stereocenters. The highest BCUT2D eigenvalue weighted by molar-refractivity contribution is 8.00. The van der Waals surface area contributed by atoms with Crippen molar-refractivity contribution in [3.05, 3.63) is 23.8 Å². The zero-order valence-electron chi connectivity index (χ0n) is 11.8. The van der Waals surface area contributed by atoms with Gasteiger partial charge in [-0.25, -0.2) is 0 Å². The lowest BCUT2D eigenvalue weighted by Gasteiger charge is -2.18. The number of aliphatic carboxylic acids is 1. The molecule has 1 aromatic carbocycles. The molecule has 3 rings (SSSR count). The Balaban J connectivity index is 1.67. The monoisotopic (exact) mass is 320 g/mol. The molecule has 0 saturated heterocycles. The summed E-state index contributed by atoms with van der Waals surface area (Å²) in [5, 5.41) is 14.6. The maximum atomic E-state index is 12.3. The van der Waals surface area contributed by atoms with Gasteiger partial charge in [-0.3, -0.25) is 14.4 Å². The maximum Gasteiger partial charge on any atom is 0.306 e. The van der Waals surface area contributed by atoms with Crippen molar-refractivity contribution >= 4 is 35.2 Å². The van der Waals surface area contributed by atoms with E-state index < -0.39 is 5.97 Å². The Labute approximate surface area is 131 Å². The number of carboxylic acid groups (broad SMARTS) is 1. The van der Waals surface area contributed by atoms with Crippen LogP contribution in [0.5, 0.6) is 0 Å². The van der Waals surface area contributed by atoms with E-state index >= 15 is 0 Å². The average molecular weight is 320 g/mol. The molecule has 6 nitrogen and oxygen atoms in total. The fraction of sp³-hybridized carbons (Fsp3) is 0.400. The summed E-state index contributed by atoms with van der Waals surface area (Å²) in [5.74, 6) is -1.09. The van der Waals surface area contributed by atoms with Gasteiger partial charge in [0, 0.05) is 16.5 Å². The molecule has 0 aromatic heterocycles. The van der Waals surface area contributed by atoms with Crippen LogP contribution in [0.25, 0.3) is 0 Å². The minimum absolute atomic E-state index is 0.0739. The number of anilines is 1. The van der Waals surface area contributed by atoms with Gasteiger partial charge in [0.15, 0.2) is 0 Å². The molecule has 1 aliphatic heterocycles. The summed E-state index contributed by atoms with van der Waals surface area (Å²) in [6.45, 7) is 0. The first-order valence-electron chi connectivity index (χ1n) is 7.13. The number of rotatable bonds is 3. The molecule has 0 unspecified atom stereocenters. The Morgan fingerprint density at radius 2 is 2.14 bits per heavy atom. The summed E-state index contributed by atoms with van der Waals surface area (Å²) in [6.07, 6.45) is 1.75. The molecule has 0 radical (unpaired) electrons. The highest BCUT2D eigenvalue weighted by atomic mass is 32.2. The number of carbonyl (C=O) groups is 3. The molecule has 22 heavy (non-hydrogen) atoms. The Morgan fingerprint density at radius 3 is 2.86 bits per heavy atom. The summed E-state index contributed by atoms with van der Waals surface area (Å²) in [6, 6.07) is 5.11. The lowest BCUT2D eigenvalue weighted by molar-refractivity contribution is -0.141. The predicted octanol–water partition coefficient (Wildman–Crippen LogP) is 1.71. The third kappa shape index (κ3) is 3.09. The molecule has 1 saturated carbocycles. The fourth-order valence-electron chi connectivity index (χ4n) is 2.83. The number of carboxylic acids is 1. The van der Waals surface area contributed by atoms with Crippen molar-refractivity contribution in [2.45, 2.75) is 30.2 Å². The van der Waals surface area contributed by atoms with E-state index in [0.29, 0.717) is 36.3 Å². The van der Waals surface area contributed by atoms with Crippen LogP contribution < -0.4 is 10.6 Å². The van der Waals surface area contributed by atoms with Gasteiger partial charge >= 0.3 is 5.97 Å². The second kappa shape index (κ2) is 6.00. The SMILES string of the molecule is O=C1CSc2ccc(C(=O)N[C@H]3CC[C@@H](C(=O)O)C3)cc2N1. The Morgan fingerprint density at radius 1 is 1.32 bits per heavy atom. The number of benzene rings is 1. The van der Waals surface area contributed by atoms with Gasteiger partial charge < -0.3 is 15.7 Å². The topological polar surface area (TPSA) is 95.5 Å². The quantitative estimate of drug-likeness (QED) is 0.788. The summed E-state index contributed by atoms with van der Waals surface area (Å²) in [5.41, 5.74) is 1.13. The molecular weight excluding hydrogens is 304 g/mol. The smallest absolute Gasteiger partial charge is 0.306 e. The number of fused-ring (bicyclic) bond motifs is 1. The second-order valence-electron chi connectivity index (χ2n) is 5.57. The van der Waals surface area contributed by atoms with E-state index in [-0.39, 0.29) is 23.8 Å². The van der Waals surface area contributed by atoms with Crippen LogP contribution >= 0.6 is 11.8 Å². The Hall–Kier alpha value is -2.02. The van der Waals surface area contributed by atoms with Crippen LogP contribution in [-0.4, -0.2) is 34.7 Å². The average Bonchev–Trinajstić information content (AvgIpc) is 2.95. The lowest BCUT2D eigenvalue weighted by atomic mass is 10.1. The van der Waals surface area contributed by atoms with Crippen LogP contribution in [-0.2, 0) is 9.59 Å². The molecule has 2 amide bonds. The van der Waals surface area contributed by atoms with Gasteiger partial charge in [0.2, 0.25) is 5.91 Å². The molecule has 1 heterocycles. The van der Waals surface area contributed by atoms with Gasteiger partial charge in [-0.1, -0.05) is 0 Å². The number of hydrogen-bond donors (Lipinski definition) is 3. The van der Waals surface area contributed by atoms with Crippen LogP contribution in [0, 0.1) is 5.92 Å². The fourth-order valence-corrected chi connectivity index (χ4v) is 3.62. The number of nitrogens with one attached hydrogen (secondary N) is 2.